The van der Waals surface area contributed by atoms with Gasteiger partial charge in [0.15, 0.2) is 0 Å². The van der Waals surface area contributed by atoms with Gasteiger partial charge in [-0.25, -0.2) is 4.79 Å². The van der Waals surface area contributed by atoms with Crippen LogP contribution in [0.2, 0.25) is 0 Å². The Balaban J connectivity index is 0.0000122. The zero-order chi connectivity index (χ0) is 26.4. The molecule has 0 saturated heterocycles. The lowest BCUT2D eigenvalue weighted by Crippen LogP contribution is -2.56. The number of aliphatic carboxylic acids is 1. The second kappa shape index (κ2) is 18.5. The minimum atomic E-state index is -1.17. The van der Waals surface area contributed by atoms with E-state index >= 15 is 0 Å². The third-order valence-electron chi connectivity index (χ3n) is 5.62. The van der Waals surface area contributed by atoms with Crippen molar-refractivity contribution < 1.29 is 19.5 Å². The Labute approximate surface area is 230 Å². The van der Waals surface area contributed by atoms with Crippen LogP contribution in [0.15, 0.2) is 24.3 Å². The Morgan fingerprint density at radius 3 is 2.06 bits per heavy atom. The number of benzene rings is 1. The van der Waals surface area contributed by atoms with Gasteiger partial charge >= 0.3 is 5.97 Å². The van der Waals surface area contributed by atoms with Crippen LogP contribution in [0.5, 0.6) is 0 Å². The van der Waals surface area contributed by atoms with Gasteiger partial charge in [0.2, 0.25) is 11.8 Å². The van der Waals surface area contributed by atoms with Crippen LogP contribution in [0, 0.1) is 5.92 Å². The first-order valence-corrected chi connectivity index (χ1v) is 13.0. The van der Waals surface area contributed by atoms with Crippen molar-refractivity contribution in [2.45, 2.75) is 57.7 Å². The molecule has 0 aromatic heterocycles. The molecule has 0 radical (unpaired) electrons. The van der Waals surface area contributed by atoms with Gasteiger partial charge in [0.1, 0.15) is 12.1 Å². The topological polar surface area (TPSA) is 151 Å². The van der Waals surface area contributed by atoms with E-state index in [4.69, 9.17) is 34.7 Å². The fourth-order valence-electron chi connectivity index (χ4n) is 3.55. The molecule has 2 amide bonds. The molecule has 0 bridgehead atoms. The van der Waals surface area contributed by atoms with E-state index in [0.717, 1.165) is 17.7 Å². The quantitative estimate of drug-likeness (QED) is 0.143. The zero-order valence-electron chi connectivity index (χ0n) is 20.9. The Bertz CT molecular complexity index is 792. The predicted octanol–water partition coefficient (Wildman–Crippen LogP) is 2.10. The van der Waals surface area contributed by atoms with Crippen molar-refractivity contribution in [2.24, 2.45) is 17.4 Å². The van der Waals surface area contributed by atoms with Crippen LogP contribution in [-0.4, -0.2) is 72.4 Å². The summed E-state index contributed by atoms with van der Waals surface area (Å²) in [4.78, 5) is 39.3. The summed E-state index contributed by atoms with van der Waals surface area (Å²) < 4.78 is 0. The summed E-state index contributed by atoms with van der Waals surface area (Å²) in [5.74, 6) is -1.53. The molecule has 1 aromatic rings. The summed E-state index contributed by atoms with van der Waals surface area (Å²) in [6.45, 7) is 5.34. The standard InChI is InChI=1S/C24H39Cl2N5O4.ClH/c1-16(2)21(30-22(32)19(28)5-3-4-12-27)23(33)29-20(24(34)35)15-17-6-8-18(9-7-17)31(13-10-25)14-11-26;/h6-9,16,19-21H,3-5,10-15,27-28H2,1-2H3,(H,29,33)(H,30,32)(H,34,35);1H/t19-,20?,21-;/m0./s1. The summed E-state index contributed by atoms with van der Waals surface area (Å²) in [5.41, 5.74) is 13.1. The molecule has 0 aliphatic rings. The number of carbonyl (C=O) groups excluding carboxylic acids is 2. The summed E-state index contributed by atoms with van der Waals surface area (Å²) in [5, 5.41) is 14.9. The molecule has 3 atom stereocenters. The molecule has 9 nitrogen and oxygen atoms in total. The minimum Gasteiger partial charge on any atom is -0.480 e. The van der Waals surface area contributed by atoms with Gasteiger partial charge in [-0.05, 0) is 43.0 Å². The number of amides is 2. The largest absolute Gasteiger partial charge is 0.480 e. The van der Waals surface area contributed by atoms with Crippen LogP contribution in [0.3, 0.4) is 0 Å². The van der Waals surface area contributed by atoms with Gasteiger partial charge in [-0.3, -0.25) is 9.59 Å². The highest BCUT2D eigenvalue weighted by atomic mass is 35.5. The van der Waals surface area contributed by atoms with Gasteiger partial charge in [-0.2, -0.15) is 0 Å². The summed E-state index contributed by atoms with van der Waals surface area (Å²) >= 11 is 11.7. The second-order valence-electron chi connectivity index (χ2n) is 8.76. The van der Waals surface area contributed by atoms with Crippen LogP contribution in [0.4, 0.5) is 5.69 Å². The molecule has 36 heavy (non-hydrogen) atoms. The maximum absolute atomic E-state index is 12.9. The van der Waals surface area contributed by atoms with Gasteiger partial charge in [-0.1, -0.05) is 32.4 Å². The van der Waals surface area contributed by atoms with E-state index in [2.05, 4.69) is 10.6 Å². The fourth-order valence-corrected chi connectivity index (χ4v) is 3.96. The number of halogens is 3. The third-order valence-corrected chi connectivity index (χ3v) is 5.96. The number of carbonyl (C=O) groups is 3. The number of nitrogens with zero attached hydrogens (tertiary/aromatic N) is 1. The van der Waals surface area contributed by atoms with Crippen LogP contribution in [-0.2, 0) is 20.8 Å². The Hall–Kier alpha value is -1.78. The van der Waals surface area contributed by atoms with Crippen LogP contribution < -0.4 is 27.0 Å². The maximum Gasteiger partial charge on any atom is 0.326 e. The molecule has 1 aromatic carbocycles. The first-order chi connectivity index (χ1) is 16.6. The minimum absolute atomic E-state index is 0. The smallest absolute Gasteiger partial charge is 0.326 e. The molecule has 7 N–H and O–H groups in total. The molecule has 0 aliphatic heterocycles. The molecular weight excluding hydrogens is 529 g/mol. The van der Waals surface area contributed by atoms with Crippen molar-refractivity contribution in [3.8, 4) is 0 Å². The van der Waals surface area contributed by atoms with Crippen LogP contribution >= 0.6 is 35.6 Å². The van der Waals surface area contributed by atoms with Gasteiger partial charge in [-0.15, -0.1) is 35.6 Å². The fraction of sp³-hybridized carbons (Fsp3) is 0.625. The van der Waals surface area contributed by atoms with Crippen molar-refractivity contribution in [1.29, 1.82) is 0 Å². The lowest BCUT2D eigenvalue weighted by atomic mass is 10.0. The van der Waals surface area contributed by atoms with Crippen molar-refractivity contribution in [3.05, 3.63) is 29.8 Å². The average Bonchev–Trinajstić information content (AvgIpc) is 2.82. The lowest BCUT2D eigenvalue weighted by molar-refractivity contribution is -0.142. The summed E-state index contributed by atoms with van der Waals surface area (Å²) in [6.07, 6.45) is 2.01. The molecule has 1 rings (SSSR count). The summed E-state index contributed by atoms with van der Waals surface area (Å²) in [7, 11) is 0. The maximum atomic E-state index is 12.9. The number of anilines is 1. The highest BCUT2D eigenvalue weighted by molar-refractivity contribution is 6.18. The van der Waals surface area contributed by atoms with Crippen molar-refractivity contribution in [2.75, 3.05) is 36.3 Å². The normalized spacial score (nSPS) is 13.3. The van der Waals surface area contributed by atoms with E-state index in [-0.39, 0.29) is 24.7 Å². The number of rotatable bonds is 17. The van der Waals surface area contributed by atoms with Gasteiger partial charge in [0, 0.05) is 37.0 Å². The first kappa shape index (κ1) is 34.2. The second-order valence-corrected chi connectivity index (χ2v) is 9.51. The summed E-state index contributed by atoms with van der Waals surface area (Å²) in [6, 6.07) is 4.54. The highest BCUT2D eigenvalue weighted by Gasteiger charge is 2.30. The average molecular weight is 569 g/mol. The molecule has 0 fully saturated rings. The van der Waals surface area contributed by atoms with E-state index in [0.29, 0.717) is 44.2 Å². The first-order valence-electron chi connectivity index (χ1n) is 11.9. The predicted molar refractivity (Wildman–Crippen MR) is 148 cm³/mol. The molecular formula is C24H40Cl3N5O4. The number of nitrogens with two attached hydrogens (primary N) is 2. The van der Waals surface area contributed by atoms with E-state index in [1.54, 1.807) is 13.8 Å². The number of nitrogens with one attached hydrogen (secondary N) is 2. The molecule has 206 valence electrons. The Morgan fingerprint density at radius 2 is 1.58 bits per heavy atom. The highest BCUT2D eigenvalue weighted by Crippen LogP contribution is 2.17. The van der Waals surface area contributed by atoms with E-state index in [1.807, 2.05) is 29.2 Å². The van der Waals surface area contributed by atoms with Crippen LogP contribution in [0.25, 0.3) is 0 Å². The van der Waals surface area contributed by atoms with Crippen LogP contribution in [0.1, 0.15) is 38.7 Å². The number of unbranched alkanes of at least 4 members (excludes halogenated alkanes) is 1. The molecule has 0 spiro atoms. The molecule has 0 saturated carbocycles. The van der Waals surface area contributed by atoms with Crippen molar-refractivity contribution in [1.82, 2.24) is 10.6 Å². The SMILES string of the molecule is CC(C)[C@H](NC(=O)[C@@H](N)CCCCN)C(=O)NC(Cc1ccc(N(CCCl)CCCl)cc1)C(=O)O.Cl. The number of hydrogen-bond donors (Lipinski definition) is 5. The number of carboxylic acid groups (broad SMARTS) is 1. The molecule has 0 heterocycles. The number of carboxylic acids is 1. The van der Waals surface area contributed by atoms with E-state index in [1.165, 1.54) is 0 Å². The molecule has 0 aliphatic carbocycles. The third kappa shape index (κ3) is 12.0. The molecule has 1 unspecified atom stereocenters. The van der Waals surface area contributed by atoms with Crippen molar-refractivity contribution in [3.63, 3.8) is 0 Å². The van der Waals surface area contributed by atoms with E-state index in [9.17, 15) is 19.5 Å². The zero-order valence-corrected chi connectivity index (χ0v) is 23.2. The van der Waals surface area contributed by atoms with Gasteiger partial charge in [0.05, 0.1) is 6.04 Å². The van der Waals surface area contributed by atoms with Gasteiger partial charge < -0.3 is 32.1 Å². The number of hydrogen-bond acceptors (Lipinski definition) is 6. The lowest BCUT2D eigenvalue weighted by Gasteiger charge is -2.26. The monoisotopic (exact) mass is 567 g/mol. The van der Waals surface area contributed by atoms with Crippen molar-refractivity contribution >= 4 is 59.1 Å². The Morgan fingerprint density at radius 1 is 1.00 bits per heavy atom. The molecule has 12 heteroatoms. The van der Waals surface area contributed by atoms with Gasteiger partial charge in [0.25, 0.3) is 0 Å². The Kier molecular flexibility index (Phi) is 17.5. The number of alkyl halides is 2. The van der Waals surface area contributed by atoms with E-state index < -0.39 is 35.9 Å².